The van der Waals surface area contributed by atoms with Crippen LogP contribution in [0.15, 0.2) is 24.3 Å². The van der Waals surface area contributed by atoms with Crippen LogP contribution < -0.4 is 16.2 Å². The van der Waals surface area contributed by atoms with Gasteiger partial charge in [-0.1, -0.05) is 12.1 Å². The highest BCUT2D eigenvalue weighted by Gasteiger charge is 2.49. The van der Waals surface area contributed by atoms with Crippen LogP contribution >= 0.6 is 0 Å². The van der Waals surface area contributed by atoms with E-state index in [1.807, 2.05) is 6.07 Å². The lowest BCUT2D eigenvalue weighted by atomic mass is 9.82. The van der Waals surface area contributed by atoms with Gasteiger partial charge in [-0.25, -0.2) is 14.2 Å². The number of carbonyl (C=O) groups excluding carboxylic acids is 2. The van der Waals surface area contributed by atoms with E-state index in [-0.39, 0.29) is 36.0 Å². The molecule has 1 aliphatic carbocycles. The monoisotopic (exact) mass is 392 g/mol. The van der Waals surface area contributed by atoms with Gasteiger partial charge in [0.2, 0.25) is 11.8 Å². The Labute approximate surface area is 163 Å². The summed E-state index contributed by atoms with van der Waals surface area (Å²) in [6, 6.07) is 6.30. The number of alkyl halides is 1. The van der Waals surface area contributed by atoms with Crippen molar-refractivity contribution in [3.63, 3.8) is 0 Å². The third-order valence-electron chi connectivity index (χ3n) is 6.13. The number of hydrogen-bond donors (Lipinski definition) is 3. The van der Waals surface area contributed by atoms with Crippen molar-refractivity contribution in [2.24, 2.45) is 11.8 Å². The van der Waals surface area contributed by atoms with Crippen LogP contribution in [-0.4, -0.2) is 48.2 Å². The van der Waals surface area contributed by atoms with Crippen molar-refractivity contribution < 1.29 is 18.4 Å². The normalized spacial score (nSPS) is 32.4. The molecular formula is C20H26F2N4O2. The quantitative estimate of drug-likeness (QED) is 0.706. The largest absolute Gasteiger partial charge is 0.355 e. The number of hydrogen-bond acceptors (Lipinski definition) is 4. The summed E-state index contributed by atoms with van der Waals surface area (Å²) in [6.45, 7) is 0.674. The zero-order valence-corrected chi connectivity index (χ0v) is 15.7. The molecule has 1 saturated carbocycles. The molecule has 0 radical (unpaired) electrons. The van der Waals surface area contributed by atoms with Gasteiger partial charge in [0.25, 0.3) is 0 Å². The Bertz CT molecular complexity index is 747. The molecule has 4 rings (SSSR count). The lowest BCUT2D eigenvalue weighted by Crippen LogP contribution is -2.50. The van der Waals surface area contributed by atoms with Crippen LogP contribution in [0.25, 0.3) is 0 Å². The Morgan fingerprint density at radius 3 is 2.96 bits per heavy atom. The lowest BCUT2D eigenvalue weighted by molar-refractivity contribution is -0.131. The zero-order chi connectivity index (χ0) is 19.7. The molecular weight excluding hydrogens is 366 g/mol. The molecule has 5 unspecified atom stereocenters. The second kappa shape index (κ2) is 8.13. The van der Waals surface area contributed by atoms with Crippen molar-refractivity contribution in [3.05, 3.63) is 35.6 Å². The predicted octanol–water partition coefficient (Wildman–Crippen LogP) is 1.27. The molecule has 3 aliphatic rings. The first-order valence-corrected chi connectivity index (χ1v) is 9.99. The first-order chi connectivity index (χ1) is 13.5. The highest BCUT2D eigenvalue weighted by Crippen LogP contribution is 2.35. The number of carbonyl (C=O) groups is 2. The minimum absolute atomic E-state index is 0.0284. The summed E-state index contributed by atoms with van der Waals surface area (Å²) in [6.07, 6.45) is 1.56. The Balaban J connectivity index is 1.31. The number of likely N-dealkylation sites (tertiary alicyclic amines) is 1. The van der Waals surface area contributed by atoms with Crippen molar-refractivity contribution >= 4 is 11.8 Å². The summed E-state index contributed by atoms with van der Waals surface area (Å²) in [4.78, 5) is 26.6. The van der Waals surface area contributed by atoms with Gasteiger partial charge < -0.3 is 10.2 Å². The number of hydrazine groups is 1. The van der Waals surface area contributed by atoms with Gasteiger partial charge in [-0.3, -0.25) is 15.0 Å². The molecule has 2 amide bonds. The van der Waals surface area contributed by atoms with Crippen molar-refractivity contribution in [1.29, 1.82) is 0 Å². The van der Waals surface area contributed by atoms with E-state index >= 15 is 0 Å². The van der Waals surface area contributed by atoms with Crippen molar-refractivity contribution in [2.75, 3.05) is 13.1 Å². The van der Waals surface area contributed by atoms with E-state index < -0.39 is 18.3 Å². The topological polar surface area (TPSA) is 73.5 Å². The SMILES string of the molecule is O=C(NCCc1cccc(F)c1)C1CC(=O)N(C2NNC3CCCC(F)C32)C1. The fourth-order valence-corrected chi connectivity index (χ4v) is 4.67. The molecule has 5 atom stereocenters. The predicted molar refractivity (Wildman–Crippen MR) is 99.0 cm³/mol. The van der Waals surface area contributed by atoms with Gasteiger partial charge in [0, 0.05) is 31.5 Å². The first-order valence-electron chi connectivity index (χ1n) is 9.99. The second-order valence-corrected chi connectivity index (χ2v) is 7.98. The van der Waals surface area contributed by atoms with Gasteiger partial charge >= 0.3 is 0 Å². The molecule has 3 N–H and O–H groups in total. The summed E-state index contributed by atoms with van der Waals surface area (Å²) >= 11 is 0. The van der Waals surface area contributed by atoms with Gasteiger partial charge in [0.1, 0.15) is 18.2 Å². The molecule has 8 heteroatoms. The number of nitrogens with one attached hydrogen (secondary N) is 3. The van der Waals surface area contributed by atoms with Gasteiger partial charge in [0.15, 0.2) is 0 Å². The van der Waals surface area contributed by atoms with Gasteiger partial charge in [-0.05, 0) is 43.4 Å². The van der Waals surface area contributed by atoms with E-state index in [4.69, 9.17) is 0 Å². The third kappa shape index (κ3) is 3.89. The van der Waals surface area contributed by atoms with Crippen molar-refractivity contribution in [3.8, 4) is 0 Å². The number of fused-ring (bicyclic) bond motifs is 1. The maximum Gasteiger partial charge on any atom is 0.225 e. The lowest BCUT2D eigenvalue weighted by Gasteiger charge is -2.34. The minimum atomic E-state index is -0.946. The van der Waals surface area contributed by atoms with Gasteiger partial charge in [-0.15, -0.1) is 0 Å². The molecule has 1 aromatic carbocycles. The molecule has 1 aromatic rings. The third-order valence-corrected chi connectivity index (χ3v) is 6.13. The molecule has 152 valence electrons. The van der Waals surface area contributed by atoms with Crippen LogP contribution in [0.5, 0.6) is 0 Å². The molecule has 28 heavy (non-hydrogen) atoms. The highest BCUT2D eigenvalue weighted by atomic mass is 19.1. The maximum absolute atomic E-state index is 14.5. The fraction of sp³-hybridized carbons (Fsp3) is 0.600. The van der Waals surface area contributed by atoms with Crippen LogP contribution in [0.3, 0.4) is 0 Å². The van der Waals surface area contributed by atoms with E-state index in [1.54, 1.807) is 11.0 Å². The molecule has 0 spiro atoms. The Hall–Kier alpha value is -2.06. The van der Waals surface area contributed by atoms with Crippen molar-refractivity contribution in [2.45, 2.75) is 50.5 Å². The van der Waals surface area contributed by atoms with E-state index in [2.05, 4.69) is 16.2 Å². The molecule has 2 saturated heterocycles. The summed E-state index contributed by atoms with van der Waals surface area (Å²) in [5.41, 5.74) is 7.01. The van der Waals surface area contributed by atoms with Crippen LogP contribution in [0.2, 0.25) is 0 Å². The van der Waals surface area contributed by atoms with Crippen LogP contribution in [-0.2, 0) is 16.0 Å². The number of nitrogens with zero attached hydrogens (tertiary/aromatic N) is 1. The molecule has 2 aliphatic heterocycles. The maximum atomic E-state index is 14.5. The van der Waals surface area contributed by atoms with E-state index in [0.717, 1.165) is 18.4 Å². The van der Waals surface area contributed by atoms with E-state index in [1.165, 1.54) is 12.1 Å². The molecule has 0 bridgehead atoms. The average Bonchev–Trinajstić information content (AvgIpc) is 3.26. The van der Waals surface area contributed by atoms with Crippen LogP contribution in [0.1, 0.15) is 31.2 Å². The molecule has 0 aromatic heterocycles. The highest BCUT2D eigenvalue weighted by molar-refractivity contribution is 5.89. The average molecular weight is 392 g/mol. The fourth-order valence-electron chi connectivity index (χ4n) is 4.67. The number of amides is 2. The second-order valence-electron chi connectivity index (χ2n) is 7.98. The summed E-state index contributed by atoms with van der Waals surface area (Å²) in [7, 11) is 0. The van der Waals surface area contributed by atoms with Crippen molar-refractivity contribution in [1.82, 2.24) is 21.1 Å². The van der Waals surface area contributed by atoms with E-state index in [9.17, 15) is 18.4 Å². The summed E-state index contributed by atoms with van der Waals surface area (Å²) < 4.78 is 27.7. The number of benzene rings is 1. The smallest absolute Gasteiger partial charge is 0.225 e. The zero-order valence-electron chi connectivity index (χ0n) is 15.7. The van der Waals surface area contributed by atoms with E-state index in [0.29, 0.717) is 25.9 Å². The van der Waals surface area contributed by atoms with Crippen LogP contribution in [0.4, 0.5) is 8.78 Å². The minimum Gasteiger partial charge on any atom is -0.355 e. The first kappa shape index (κ1) is 19.3. The number of rotatable bonds is 5. The van der Waals surface area contributed by atoms with Gasteiger partial charge in [-0.2, -0.15) is 0 Å². The molecule has 6 nitrogen and oxygen atoms in total. The summed E-state index contributed by atoms with van der Waals surface area (Å²) in [5.74, 6) is -1.32. The molecule has 3 fully saturated rings. The van der Waals surface area contributed by atoms with Gasteiger partial charge in [0.05, 0.1) is 5.92 Å². The molecule has 2 heterocycles. The Morgan fingerprint density at radius 1 is 1.29 bits per heavy atom. The number of halogens is 2. The summed E-state index contributed by atoms with van der Waals surface area (Å²) in [5, 5.41) is 2.84. The van der Waals surface area contributed by atoms with Crippen LogP contribution in [0, 0.1) is 17.7 Å². The standard InChI is InChI=1S/C20H26F2N4O2/c21-14-4-1-3-12(9-14)7-8-23-20(28)13-10-17(27)26(11-13)19-18-15(22)5-2-6-16(18)24-25-19/h1,3-4,9,13,15-16,18-19,24-25H,2,5-8,10-11H2,(H,23,28). The Morgan fingerprint density at radius 2 is 2.14 bits per heavy atom. The Kier molecular flexibility index (Phi) is 5.59.